The van der Waals surface area contributed by atoms with Crippen LogP contribution in [0, 0.1) is 23.7 Å². The zero-order valence-electron chi connectivity index (χ0n) is 13.1. The number of nitrogens with zero attached hydrogens (tertiary/aromatic N) is 1. The number of Topliss-reactive ketones (excluding diaryl/α,β-unsaturated/α-hetero) is 1. The van der Waals surface area contributed by atoms with E-state index in [0.29, 0.717) is 11.6 Å². The lowest BCUT2D eigenvalue weighted by molar-refractivity contribution is -0.142. The summed E-state index contributed by atoms with van der Waals surface area (Å²) in [6.07, 6.45) is 7.06. The highest BCUT2D eigenvalue weighted by Gasteiger charge is 2.56. The molecule has 124 valence electrons. The Labute approximate surface area is 139 Å². The molecule has 0 aromatic heterocycles. The molecule has 0 spiro atoms. The number of fused-ring (bicyclic) bond motifs is 1. The molecule has 2 amide bonds. The van der Waals surface area contributed by atoms with E-state index in [4.69, 9.17) is 0 Å². The van der Waals surface area contributed by atoms with Crippen LogP contribution in [-0.4, -0.2) is 45.7 Å². The lowest BCUT2D eigenvalue weighted by Crippen LogP contribution is -2.61. The quantitative estimate of drug-likeness (QED) is 0.770. The highest BCUT2D eigenvalue weighted by Crippen LogP contribution is 2.55. The summed E-state index contributed by atoms with van der Waals surface area (Å²) in [5.41, 5.74) is -0.131. The van der Waals surface area contributed by atoms with Crippen LogP contribution in [0.3, 0.4) is 0 Å². The Kier molecular flexibility index (Phi) is 2.95. The Bertz CT molecular complexity index is 547. The second-order valence-corrected chi connectivity index (χ2v) is 9.35. The van der Waals surface area contributed by atoms with Gasteiger partial charge in [0.25, 0.3) is 0 Å². The maximum absolute atomic E-state index is 12.8. The molecule has 0 aromatic rings. The van der Waals surface area contributed by atoms with Gasteiger partial charge in [-0.2, -0.15) is 0 Å². The first-order valence-corrected chi connectivity index (χ1v) is 9.94. The monoisotopic (exact) mass is 334 g/mol. The Morgan fingerprint density at radius 1 is 1.09 bits per heavy atom. The van der Waals surface area contributed by atoms with E-state index >= 15 is 0 Å². The number of carbonyl (C=O) groups is 3. The molecule has 5 nitrogen and oxygen atoms in total. The summed E-state index contributed by atoms with van der Waals surface area (Å²) in [5, 5.41) is 3.20. The Morgan fingerprint density at radius 3 is 2.26 bits per heavy atom. The molecule has 6 aliphatic rings. The average Bonchev–Trinajstić information content (AvgIpc) is 3.01. The van der Waals surface area contributed by atoms with E-state index in [2.05, 4.69) is 5.32 Å². The van der Waals surface area contributed by atoms with Gasteiger partial charge in [0.1, 0.15) is 6.04 Å². The van der Waals surface area contributed by atoms with Crippen molar-refractivity contribution in [1.29, 1.82) is 0 Å². The lowest BCUT2D eigenvalue weighted by Gasteiger charge is -2.57. The van der Waals surface area contributed by atoms with Crippen LogP contribution in [0.5, 0.6) is 0 Å². The van der Waals surface area contributed by atoms with Crippen molar-refractivity contribution in [2.24, 2.45) is 23.7 Å². The molecule has 2 heterocycles. The summed E-state index contributed by atoms with van der Waals surface area (Å²) in [6, 6.07) is -0.361. The maximum Gasteiger partial charge on any atom is 0.244 e. The second-order valence-electron chi connectivity index (χ2n) is 8.35. The van der Waals surface area contributed by atoms with Crippen LogP contribution in [0.25, 0.3) is 0 Å². The first-order chi connectivity index (χ1) is 11.0. The van der Waals surface area contributed by atoms with Crippen molar-refractivity contribution in [2.45, 2.75) is 50.1 Å². The number of hydrogen-bond acceptors (Lipinski definition) is 4. The molecule has 2 aliphatic heterocycles. The normalized spacial score (nSPS) is 47.3. The standard InChI is InChI=1S/C17H22N2O3S/c20-14-12-7-23-8-19(12)16(22)13(14)15(21)18-17-4-9-1-10(5-17)3-11(2-9)6-17/h9-13H,1-8H2,(H,18,21). The molecule has 4 bridgehead atoms. The third-order valence-corrected chi connectivity index (χ3v) is 7.73. The van der Waals surface area contributed by atoms with E-state index in [9.17, 15) is 14.4 Å². The van der Waals surface area contributed by atoms with Crippen molar-refractivity contribution in [1.82, 2.24) is 10.2 Å². The van der Waals surface area contributed by atoms with Crippen molar-refractivity contribution in [3.05, 3.63) is 0 Å². The van der Waals surface area contributed by atoms with E-state index < -0.39 is 5.92 Å². The maximum atomic E-state index is 12.8. The average molecular weight is 334 g/mol. The molecular formula is C17H22N2O3S. The van der Waals surface area contributed by atoms with Crippen molar-refractivity contribution in [2.75, 3.05) is 11.6 Å². The van der Waals surface area contributed by atoms with E-state index in [1.165, 1.54) is 19.3 Å². The third kappa shape index (κ3) is 2.03. The van der Waals surface area contributed by atoms with Crippen LogP contribution in [0.2, 0.25) is 0 Å². The number of carbonyl (C=O) groups excluding carboxylic acids is 3. The topological polar surface area (TPSA) is 66.5 Å². The van der Waals surface area contributed by atoms with E-state index in [-0.39, 0.29) is 29.2 Å². The summed E-state index contributed by atoms with van der Waals surface area (Å²) in [4.78, 5) is 39.3. The number of hydrogen-bond donors (Lipinski definition) is 1. The molecule has 0 aromatic carbocycles. The molecule has 4 saturated carbocycles. The van der Waals surface area contributed by atoms with Gasteiger partial charge in [-0.05, 0) is 56.3 Å². The molecule has 6 fully saturated rings. The third-order valence-electron chi connectivity index (χ3n) is 6.71. The van der Waals surface area contributed by atoms with Crippen LogP contribution in [0.4, 0.5) is 0 Å². The number of nitrogens with one attached hydrogen (secondary N) is 1. The van der Waals surface area contributed by atoms with Crippen LogP contribution in [0.15, 0.2) is 0 Å². The highest BCUT2D eigenvalue weighted by atomic mass is 32.2. The van der Waals surface area contributed by atoms with Gasteiger partial charge in [-0.3, -0.25) is 14.4 Å². The van der Waals surface area contributed by atoms with Gasteiger partial charge >= 0.3 is 0 Å². The minimum absolute atomic E-state index is 0.131. The molecule has 23 heavy (non-hydrogen) atoms. The first kappa shape index (κ1) is 14.3. The molecule has 6 rings (SSSR count). The number of amides is 2. The Morgan fingerprint density at radius 2 is 1.70 bits per heavy atom. The Hall–Kier alpha value is -1.04. The fourth-order valence-electron chi connectivity index (χ4n) is 6.21. The van der Waals surface area contributed by atoms with Gasteiger partial charge in [-0.1, -0.05) is 0 Å². The summed E-state index contributed by atoms with van der Waals surface area (Å²) < 4.78 is 0. The van der Waals surface area contributed by atoms with Gasteiger partial charge in [0, 0.05) is 11.3 Å². The summed E-state index contributed by atoms with van der Waals surface area (Å²) in [7, 11) is 0. The van der Waals surface area contributed by atoms with E-state index in [1.54, 1.807) is 16.7 Å². The predicted molar refractivity (Wildman–Crippen MR) is 85.5 cm³/mol. The first-order valence-electron chi connectivity index (χ1n) is 8.79. The fourth-order valence-corrected chi connectivity index (χ4v) is 7.39. The molecule has 0 radical (unpaired) electrons. The van der Waals surface area contributed by atoms with Crippen LogP contribution in [-0.2, 0) is 14.4 Å². The molecule has 2 atom stereocenters. The minimum atomic E-state index is -1.08. The predicted octanol–water partition coefficient (Wildman–Crippen LogP) is 1.17. The molecule has 4 aliphatic carbocycles. The van der Waals surface area contributed by atoms with Gasteiger partial charge in [0.15, 0.2) is 11.7 Å². The van der Waals surface area contributed by atoms with Crippen molar-refractivity contribution in [3.8, 4) is 0 Å². The zero-order valence-corrected chi connectivity index (χ0v) is 13.9. The smallest absolute Gasteiger partial charge is 0.244 e. The van der Waals surface area contributed by atoms with Crippen LogP contribution in [0.1, 0.15) is 38.5 Å². The fraction of sp³-hybridized carbons (Fsp3) is 0.824. The molecule has 1 N–H and O–H groups in total. The van der Waals surface area contributed by atoms with Crippen LogP contribution < -0.4 is 5.32 Å². The van der Waals surface area contributed by atoms with Gasteiger partial charge in [0.05, 0.1) is 5.88 Å². The van der Waals surface area contributed by atoms with Gasteiger partial charge in [0.2, 0.25) is 11.8 Å². The summed E-state index contributed by atoms with van der Waals surface area (Å²) >= 11 is 1.59. The summed E-state index contributed by atoms with van der Waals surface area (Å²) in [6.45, 7) is 0. The molecular weight excluding hydrogens is 312 g/mol. The number of thioether (sulfide) groups is 1. The van der Waals surface area contributed by atoms with Gasteiger partial charge < -0.3 is 10.2 Å². The van der Waals surface area contributed by atoms with Crippen LogP contribution >= 0.6 is 11.8 Å². The zero-order chi connectivity index (χ0) is 15.8. The Balaban J connectivity index is 1.36. The highest BCUT2D eigenvalue weighted by molar-refractivity contribution is 7.99. The molecule has 6 heteroatoms. The van der Waals surface area contributed by atoms with Crippen molar-refractivity contribution in [3.63, 3.8) is 0 Å². The van der Waals surface area contributed by atoms with E-state index in [1.807, 2.05) is 0 Å². The molecule has 2 unspecified atom stereocenters. The SMILES string of the molecule is O=C(NC12CC3CC(CC(C3)C1)C2)C1C(=O)C2CSCN2C1=O. The van der Waals surface area contributed by atoms with Crippen molar-refractivity contribution < 1.29 is 14.4 Å². The van der Waals surface area contributed by atoms with E-state index in [0.717, 1.165) is 37.0 Å². The van der Waals surface area contributed by atoms with Gasteiger partial charge in [-0.25, -0.2) is 0 Å². The number of ketones is 1. The second kappa shape index (κ2) is 4.74. The van der Waals surface area contributed by atoms with Gasteiger partial charge in [-0.15, -0.1) is 11.8 Å². The lowest BCUT2D eigenvalue weighted by atomic mass is 9.53. The largest absolute Gasteiger partial charge is 0.350 e. The minimum Gasteiger partial charge on any atom is -0.350 e. The molecule has 2 saturated heterocycles. The number of rotatable bonds is 2. The summed E-state index contributed by atoms with van der Waals surface area (Å²) in [5.74, 6) is 1.55. The van der Waals surface area contributed by atoms with Crippen molar-refractivity contribution >= 4 is 29.4 Å².